The lowest BCUT2D eigenvalue weighted by molar-refractivity contribution is -0.229. The molecule has 0 radical (unpaired) electrons. The van der Waals surface area contributed by atoms with Gasteiger partial charge in [-0.25, -0.2) is 13.2 Å². The average Bonchev–Trinajstić information content (AvgIpc) is 3.07. The van der Waals surface area contributed by atoms with Gasteiger partial charge in [0.05, 0.1) is 18.8 Å². The maximum Gasteiger partial charge on any atom is 0.195 e. The zero-order valence-corrected chi connectivity index (χ0v) is 25.0. The van der Waals surface area contributed by atoms with Gasteiger partial charge in [0.1, 0.15) is 0 Å². The predicted octanol–water partition coefficient (Wildman–Crippen LogP) is 8.13. The molecule has 0 aliphatic carbocycles. The zero-order valence-electron chi connectivity index (χ0n) is 25.0. The molecule has 0 N–H and O–H groups in total. The summed E-state index contributed by atoms with van der Waals surface area (Å²) in [6, 6.07) is 30.4. The van der Waals surface area contributed by atoms with Crippen LogP contribution in [-0.2, 0) is 9.47 Å². The molecule has 0 saturated carbocycles. The number of hydrogen-bond donors (Lipinski definition) is 0. The van der Waals surface area contributed by atoms with Crippen LogP contribution < -0.4 is 0 Å². The number of benzene rings is 4. The monoisotopic (exact) mass is 600 g/mol. The third kappa shape index (κ3) is 6.92. The van der Waals surface area contributed by atoms with Crippen molar-refractivity contribution in [3.63, 3.8) is 0 Å². The summed E-state index contributed by atoms with van der Waals surface area (Å²) in [7, 11) is 0. The summed E-state index contributed by atoms with van der Waals surface area (Å²) in [5.41, 5.74) is 3.83. The third-order valence-electron chi connectivity index (χ3n) is 9.06. The molecule has 7 heteroatoms. The van der Waals surface area contributed by atoms with Crippen LogP contribution in [0.1, 0.15) is 54.5 Å². The van der Waals surface area contributed by atoms with Crippen molar-refractivity contribution in [2.75, 3.05) is 39.3 Å². The Kier molecular flexibility index (Phi) is 9.77. The molecule has 4 aromatic rings. The first-order valence-electron chi connectivity index (χ1n) is 15.5. The van der Waals surface area contributed by atoms with Crippen LogP contribution in [0, 0.1) is 17.5 Å². The Labute approximate surface area is 258 Å². The second kappa shape index (κ2) is 14.1. The normalized spacial score (nSPS) is 20.9. The van der Waals surface area contributed by atoms with Crippen LogP contribution in [0.5, 0.6) is 0 Å². The van der Waals surface area contributed by atoms with Crippen molar-refractivity contribution in [3.8, 4) is 11.1 Å². The van der Waals surface area contributed by atoms with E-state index in [9.17, 15) is 13.2 Å². The minimum atomic E-state index is -1.47. The molecule has 2 heterocycles. The zero-order chi connectivity index (χ0) is 30.5. The minimum Gasteiger partial charge on any atom is -0.349 e. The summed E-state index contributed by atoms with van der Waals surface area (Å²) in [6.07, 6.45) is 1.43. The molecule has 4 nitrogen and oxygen atoms in total. The van der Waals surface area contributed by atoms with Gasteiger partial charge in [0.2, 0.25) is 0 Å². The smallest absolute Gasteiger partial charge is 0.195 e. The number of nitrogens with zero attached hydrogens (tertiary/aromatic N) is 2. The Bertz CT molecular complexity index is 1510. The molecule has 4 aromatic carbocycles. The van der Waals surface area contributed by atoms with Crippen molar-refractivity contribution < 1.29 is 22.6 Å². The van der Waals surface area contributed by atoms with E-state index < -0.39 is 29.8 Å². The van der Waals surface area contributed by atoms with Gasteiger partial charge in [-0.05, 0) is 79.2 Å². The van der Waals surface area contributed by atoms with Crippen molar-refractivity contribution in [1.82, 2.24) is 9.80 Å². The molecule has 2 aliphatic heterocycles. The fourth-order valence-electron chi connectivity index (χ4n) is 6.54. The lowest BCUT2D eigenvalue weighted by Crippen LogP contribution is -2.49. The molecule has 0 spiro atoms. The van der Waals surface area contributed by atoms with Crippen LogP contribution in [0.3, 0.4) is 0 Å². The molecule has 230 valence electrons. The molecule has 3 atom stereocenters. The van der Waals surface area contributed by atoms with E-state index in [0.29, 0.717) is 18.1 Å². The Morgan fingerprint density at radius 1 is 0.773 bits per heavy atom. The second-order valence-corrected chi connectivity index (χ2v) is 11.8. The van der Waals surface area contributed by atoms with E-state index in [0.717, 1.165) is 49.9 Å². The number of morpholine rings is 1. The Morgan fingerprint density at radius 3 is 2.20 bits per heavy atom. The molecule has 2 aliphatic rings. The first-order chi connectivity index (χ1) is 21.5. The highest BCUT2D eigenvalue weighted by Crippen LogP contribution is 2.35. The largest absolute Gasteiger partial charge is 0.349 e. The van der Waals surface area contributed by atoms with Gasteiger partial charge in [-0.3, -0.25) is 4.90 Å². The molecular formula is C37H39F3N2O2. The highest BCUT2D eigenvalue weighted by atomic mass is 19.2. The van der Waals surface area contributed by atoms with Crippen LogP contribution in [-0.4, -0.2) is 55.4 Å². The van der Waals surface area contributed by atoms with Crippen molar-refractivity contribution in [3.05, 3.63) is 131 Å². The van der Waals surface area contributed by atoms with Gasteiger partial charge in [0.15, 0.2) is 23.7 Å². The molecule has 6 rings (SSSR count). The lowest BCUT2D eigenvalue weighted by atomic mass is 9.89. The summed E-state index contributed by atoms with van der Waals surface area (Å²) in [5, 5.41) is 0. The average molecular weight is 601 g/mol. The third-order valence-corrected chi connectivity index (χ3v) is 9.06. The first kappa shape index (κ1) is 30.5. The van der Waals surface area contributed by atoms with E-state index >= 15 is 0 Å². The number of hydrogen-bond acceptors (Lipinski definition) is 4. The Balaban J connectivity index is 1.14. The molecule has 0 bridgehead atoms. The van der Waals surface area contributed by atoms with Gasteiger partial charge in [0.25, 0.3) is 0 Å². The minimum absolute atomic E-state index is 0.00741. The van der Waals surface area contributed by atoms with Crippen molar-refractivity contribution in [2.24, 2.45) is 0 Å². The maximum atomic E-state index is 14.6. The van der Waals surface area contributed by atoms with E-state index in [1.165, 1.54) is 24.5 Å². The van der Waals surface area contributed by atoms with E-state index in [-0.39, 0.29) is 11.6 Å². The first-order valence-corrected chi connectivity index (χ1v) is 15.5. The summed E-state index contributed by atoms with van der Waals surface area (Å²) >= 11 is 0. The van der Waals surface area contributed by atoms with Gasteiger partial charge in [-0.1, -0.05) is 78.9 Å². The highest BCUT2D eigenvalue weighted by Gasteiger charge is 2.36. The lowest BCUT2D eigenvalue weighted by Gasteiger charge is -2.43. The second-order valence-electron chi connectivity index (χ2n) is 11.8. The topological polar surface area (TPSA) is 24.9 Å². The van der Waals surface area contributed by atoms with Crippen molar-refractivity contribution >= 4 is 0 Å². The fourth-order valence-corrected chi connectivity index (χ4v) is 6.54. The summed E-state index contributed by atoms with van der Waals surface area (Å²) in [5.74, 6) is -3.25. The van der Waals surface area contributed by atoms with E-state index in [1.54, 1.807) is 18.2 Å². The Morgan fingerprint density at radius 2 is 1.48 bits per heavy atom. The number of ether oxygens (including phenoxy) is 2. The van der Waals surface area contributed by atoms with E-state index in [1.807, 2.05) is 31.2 Å². The van der Waals surface area contributed by atoms with E-state index in [4.69, 9.17) is 9.47 Å². The number of likely N-dealkylation sites (tertiary alicyclic amines) is 1. The van der Waals surface area contributed by atoms with Crippen LogP contribution in [0.4, 0.5) is 13.2 Å². The summed E-state index contributed by atoms with van der Waals surface area (Å²) < 4.78 is 54.9. The SMILES string of the molecule is C[C@@H](O[C@H]1OCCN(CCN2CCC(c3ccccc3)CC2)[C@H]1c1ccccc1)c1cccc(-c2ccc(F)c(F)c2F)c1. The Hall–Kier alpha value is -3.49. The predicted molar refractivity (Wildman–Crippen MR) is 167 cm³/mol. The molecule has 0 amide bonds. The molecule has 2 fully saturated rings. The van der Waals surface area contributed by atoms with Crippen LogP contribution in [0.2, 0.25) is 0 Å². The van der Waals surface area contributed by atoms with Gasteiger partial charge in [0, 0.05) is 25.2 Å². The standard InChI is InChI=1S/C37H39F3N2O2/c1-26(30-13-8-14-31(25-30)32-15-16-33(38)35(40)34(32)39)44-37-36(29-11-6-3-7-12-29)42(23-24-43-37)22-21-41-19-17-28(18-20-41)27-9-4-2-5-10-27/h2-16,25-26,28,36-37H,17-24H2,1H3/t26-,36+,37-/m1/s1. The van der Waals surface area contributed by atoms with Crippen LogP contribution in [0.15, 0.2) is 97.1 Å². The molecule has 44 heavy (non-hydrogen) atoms. The number of piperidine rings is 1. The van der Waals surface area contributed by atoms with Crippen molar-refractivity contribution in [1.29, 1.82) is 0 Å². The maximum absolute atomic E-state index is 14.6. The van der Waals surface area contributed by atoms with Gasteiger partial charge in [-0.15, -0.1) is 0 Å². The van der Waals surface area contributed by atoms with Crippen molar-refractivity contribution in [2.45, 2.75) is 44.1 Å². The highest BCUT2D eigenvalue weighted by molar-refractivity contribution is 5.65. The molecule has 0 unspecified atom stereocenters. The number of halogens is 3. The fraction of sp³-hybridized carbons (Fsp3) is 0.351. The molecule has 2 saturated heterocycles. The van der Waals surface area contributed by atoms with Crippen LogP contribution in [0.25, 0.3) is 11.1 Å². The molecule has 0 aromatic heterocycles. The summed E-state index contributed by atoms with van der Waals surface area (Å²) in [4.78, 5) is 5.03. The number of rotatable bonds is 9. The van der Waals surface area contributed by atoms with Gasteiger partial charge < -0.3 is 14.4 Å². The quantitative estimate of drug-likeness (QED) is 0.181. The van der Waals surface area contributed by atoms with E-state index in [2.05, 4.69) is 52.3 Å². The van der Waals surface area contributed by atoms with Crippen LogP contribution >= 0.6 is 0 Å². The summed E-state index contributed by atoms with van der Waals surface area (Å²) in [6.45, 7) is 7.35. The van der Waals surface area contributed by atoms with Gasteiger partial charge >= 0.3 is 0 Å². The molecular weight excluding hydrogens is 561 g/mol. The van der Waals surface area contributed by atoms with Gasteiger partial charge in [-0.2, -0.15) is 0 Å².